The molecule has 1 aromatic rings. The van der Waals surface area contributed by atoms with Crippen LogP contribution in [0.2, 0.25) is 0 Å². The van der Waals surface area contributed by atoms with E-state index in [0.717, 1.165) is 6.42 Å². The first-order valence-electron chi connectivity index (χ1n) is 4.69. The number of nitrogen functional groups attached to an aromatic ring is 1. The third-order valence-electron chi connectivity index (χ3n) is 2.37. The molecule has 0 bridgehead atoms. The van der Waals surface area contributed by atoms with Crippen molar-refractivity contribution in [2.45, 2.75) is 12.8 Å². The summed E-state index contributed by atoms with van der Waals surface area (Å²) in [6.45, 7) is 0.652. The Labute approximate surface area is 87.1 Å². The summed E-state index contributed by atoms with van der Waals surface area (Å²) in [6, 6.07) is 5.22. The lowest BCUT2D eigenvalue weighted by atomic mass is 10.2. The summed E-state index contributed by atoms with van der Waals surface area (Å²) in [5.74, 6) is 0.333. The lowest BCUT2D eigenvalue weighted by Gasteiger charge is -2.16. The molecule has 1 aliphatic heterocycles. The zero-order valence-electron chi connectivity index (χ0n) is 8.10. The molecule has 76 valence electrons. The SMILES string of the molecule is N#Cc1nc(N)ccc1N1CCCC1=O. The highest BCUT2D eigenvalue weighted by Crippen LogP contribution is 2.24. The van der Waals surface area contributed by atoms with Gasteiger partial charge in [-0.25, -0.2) is 4.98 Å². The summed E-state index contributed by atoms with van der Waals surface area (Å²) in [5, 5.41) is 8.88. The number of rotatable bonds is 1. The smallest absolute Gasteiger partial charge is 0.227 e. The van der Waals surface area contributed by atoms with Crippen LogP contribution in [-0.2, 0) is 4.79 Å². The first kappa shape index (κ1) is 9.46. The number of hydrogen-bond donors (Lipinski definition) is 1. The topological polar surface area (TPSA) is 83.0 Å². The number of amides is 1. The van der Waals surface area contributed by atoms with Crippen LogP contribution in [0.25, 0.3) is 0 Å². The quantitative estimate of drug-likeness (QED) is 0.725. The molecule has 0 saturated carbocycles. The molecule has 5 nitrogen and oxygen atoms in total. The van der Waals surface area contributed by atoms with E-state index in [1.165, 1.54) is 0 Å². The maximum Gasteiger partial charge on any atom is 0.227 e. The summed E-state index contributed by atoms with van der Waals surface area (Å²) in [6.07, 6.45) is 1.36. The number of nitriles is 1. The maximum atomic E-state index is 11.5. The molecule has 1 saturated heterocycles. The minimum Gasteiger partial charge on any atom is -0.384 e. The zero-order valence-corrected chi connectivity index (χ0v) is 8.10. The fraction of sp³-hybridized carbons (Fsp3) is 0.300. The van der Waals surface area contributed by atoms with Crippen LogP contribution in [0.5, 0.6) is 0 Å². The lowest BCUT2D eigenvalue weighted by Crippen LogP contribution is -2.25. The predicted molar refractivity (Wildman–Crippen MR) is 55.0 cm³/mol. The number of anilines is 2. The second kappa shape index (κ2) is 3.58. The average molecular weight is 202 g/mol. The van der Waals surface area contributed by atoms with E-state index < -0.39 is 0 Å². The first-order valence-corrected chi connectivity index (χ1v) is 4.69. The van der Waals surface area contributed by atoms with Gasteiger partial charge in [-0.1, -0.05) is 0 Å². The Morgan fingerprint density at radius 1 is 1.53 bits per heavy atom. The largest absolute Gasteiger partial charge is 0.384 e. The van der Waals surface area contributed by atoms with Gasteiger partial charge in [0.2, 0.25) is 5.91 Å². The van der Waals surface area contributed by atoms with Crippen LogP contribution >= 0.6 is 0 Å². The van der Waals surface area contributed by atoms with Crippen molar-refractivity contribution in [2.24, 2.45) is 0 Å². The molecule has 0 unspecified atom stereocenters. The molecular formula is C10H10N4O. The number of aromatic nitrogens is 1. The van der Waals surface area contributed by atoms with Gasteiger partial charge in [0, 0.05) is 13.0 Å². The van der Waals surface area contributed by atoms with E-state index in [2.05, 4.69) is 4.98 Å². The monoisotopic (exact) mass is 202 g/mol. The third kappa shape index (κ3) is 1.62. The number of pyridine rings is 1. The van der Waals surface area contributed by atoms with E-state index in [9.17, 15) is 4.79 Å². The van der Waals surface area contributed by atoms with Gasteiger partial charge in [-0.3, -0.25) is 4.79 Å². The molecule has 1 amide bonds. The maximum absolute atomic E-state index is 11.5. The van der Waals surface area contributed by atoms with Gasteiger partial charge in [-0.05, 0) is 18.6 Å². The van der Waals surface area contributed by atoms with Gasteiger partial charge >= 0.3 is 0 Å². The molecule has 2 rings (SSSR count). The summed E-state index contributed by atoms with van der Waals surface area (Å²) in [5.41, 5.74) is 6.25. The third-order valence-corrected chi connectivity index (χ3v) is 2.37. The van der Waals surface area contributed by atoms with E-state index in [1.54, 1.807) is 17.0 Å². The van der Waals surface area contributed by atoms with Gasteiger partial charge in [0.25, 0.3) is 0 Å². The Balaban J connectivity index is 2.44. The van der Waals surface area contributed by atoms with Crippen molar-refractivity contribution in [3.05, 3.63) is 17.8 Å². The molecule has 0 spiro atoms. The fourth-order valence-electron chi connectivity index (χ4n) is 1.67. The van der Waals surface area contributed by atoms with Gasteiger partial charge < -0.3 is 10.6 Å². The minimum atomic E-state index is 0.0399. The van der Waals surface area contributed by atoms with Gasteiger partial charge in [0.15, 0.2) is 5.69 Å². The van der Waals surface area contributed by atoms with Crippen LogP contribution in [-0.4, -0.2) is 17.4 Å². The summed E-state index contributed by atoms with van der Waals surface area (Å²) in [7, 11) is 0. The van der Waals surface area contributed by atoms with Crippen molar-refractivity contribution in [2.75, 3.05) is 17.2 Å². The molecule has 1 aliphatic rings. The van der Waals surface area contributed by atoms with Crippen molar-refractivity contribution in [1.82, 2.24) is 4.98 Å². The molecule has 5 heteroatoms. The number of hydrogen-bond acceptors (Lipinski definition) is 4. The fourth-order valence-corrected chi connectivity index (χ4v) is 1.67. The Bertz CT molecular complexity index is 449. The summed E-state index contributed by atoms with van der Waals surface area (Å²) in [4.78, 5) is 17.0. The molecule has 0 aliphatic carbocycles. The normalized spacial score (nSPS) is 15.4. The van der Waals surface area contributed by atoms with Gasteiger partial charge in [-0.2, -0.15) is 5.26 Å². The van der Waals surface area contributed by atoms with Crippen LogP contribution in [0.4, 0.5) is 11.5 Å². The number of carbonyl (C=O) groups is 1. The van der Waals surface area contributed by atoms with Gasteiger partial charge in [0.1, 0.15) is 11.9 Å². The van der Waals surface area contributed by atoms with Crippen LogP contribution in [0.15, 0.2) is 12.1 Å². The van der Waals surface area contributed by atoms with Crippen molar-refractivity contribution >= 4 is 17.4 Å². The standard InChI is InChI=1S/C10H10N4O/c11-6-7-8(3-4-9(12)13-7)14-5-1-2-10(14)15/h3-4H,1-2,5H2,(H2,12,13). The van der Waals surface area contributed by atoms with E-state index in [4.69, 9.17) is 11.0 Å². The zero-order chi connectivity index (χ0) is 10.8. The van der Waals surface area contributed by atoms with Crippen LogP contribution < -0.4 is 10.6 Å². The highest BCUT2D eigenvalue weighted by molar-refractivity contribution is 5.96. The Hall–Kier alpha value is -2.09. The van der Waals surface area contributed by atoms with Crippen molar-refractivity contribution < 1.29 is 4.79 Å². The van der Waals surface area contributed by atoms with E-state index in [0.29, 0.717) is 24.5 Å². The molecule has 0 aromatic carbocycles. The lowest BCUT2D eigenvalue weighted by molar-refractivity contribution is -0.117. The molecule has 1 aromatic heterocycles. The van der Waals surface area contributed by atoms with Crippen LogP contribution in [0.1, 0.15) is 18.5 Å². The molecule has 0 atom stereocenters. The predicted octanol–water partition coefficient (Wildman–Crippen LogP) is 0.662. The van der Waals surface area contributed by atoms with Crippen molar-refractivity contribution in [1.29, 1.82) is 5.26 Å². The number of nitrogens with two attached hydrogens (primary N) is 1. The van der Waals surface area contributed by atoms with Gasteiger partial charge in [-0.15, -0.1) is 0 Å². The molecule has 2 N–H and O–H groups in total. The van der Waals surface area contributed by atoms with Gasteiger partial charge in [0.05, 0.1) is 5.69 Å². The molecule has 2 heterocycles. The highest BCUT2D eigenvalue weighted by atomic mass is 16.2. The first-order chi connectivity index (χ1) is 7.22. The van der Waals surface area contributed by atoms with Crippen molar-refractivity contribution in [3.63, 3.8) is 0 Å². The Morgan fingerprint density at radius 2 is 2.33 bits per heavy atom. The average Bonchev–Trinajstić information content (AvgIpc) is 2.64. The molecule has 1 fully saturated rings. The highest BCUT2D eigenvalue weighted by Gasteiger charge is 2.24. The second-order valence-electron chi connectivity index (χ2n) is 3.36. The summed E-state index contributed by atoms with van der Waals surface area (Å²) >= 11 is 0. The number of nitrogens with zero attached hydrogens (tertiary/aromatic N) is 3. The van der Waals surface area contributed by atoms with Crippen LogP contribution in [0.3, 0.4) is 0 Å². The van der Waals surface area contributed by atoms with E-state index in [-0.39, 0.29) is 11.6 Å². The Morgan fingerprint density at radius 3 is 2.93 bits per heavy atom. The Kier molecular flexibility index (Phi) is 2.26. The molecular weight excluding hydrogens is 192 g/mol. The second-order valence-corrected chi connectivity index (χ2v) is 3.36. The van der Waals surface area contributed by atoms with Crippen LogP contribution in [0, 0.1) is 11.3 Å². The number of carbonyl (C=O) groups excluding carboxylic acids is 1. The molecule has 0 radical (unpaired) electrons. The van der Waals surface area contributed by atoms with Crippen molar-refractivity contribution in [3.8, 4) is 6.07 Å². The summed E-state index contributed by atoms with van der Waals surface area (Å²) < 4.78 is 0. The van der Waals surface area contributed by atoms with E-state index >= 15 is 0 Å². The minimum absolute atomic E-state index is 0.0399. The van der Waals surface area contributed by atoms with E-state index in [1.807, 2.05) is 6.07 Å². The molecule has 15 heavy (non-hydrogen) atoms.